The lowest BCUT2D eigenvalue weighted by molar-refractivity contribution is -0.138. The number of alkyl halides is 3. The van der Waals surface area contributed by atoms with Gasteiger partial charge < -0.3 is 15.3 Å². The third-order valence-corrected chi connectivity index (χ3v) is 8.64. The lowest BCUT2D eigenvalue weighted by Gasteiger charge is -2.36. The van der Waals surface area contributed by atoms with Gasteiger partial charge in [0.1, 0.15) is 5.82 Å². The van der Waals surface area contributed by atoms with Crippen LogP contribution in [0.15, 0.2) is 30.5 Å². The summed E-state index contributed by atoms with van der Waals surface area (Å²) in [5.74, 6) is -2.58. The molecule has 2 aromatic heterocycles. The molecule has 8 nitrogen and oxygen atoms in total. The van der Waals surface area contributed by atoms with Crippen LogP contribution in [0.2, 0.25) is 0 Å². The van der Waals surface area contributed by atoms with Gasteiger partial charge >= 0.3 is 12.1 Å². The third-order valence-electron chi connectivity index (χ3n) is 7.68. The zero-order chi connectivity index (χ0) is 30.0. The Kier molecular flexibility index (Phi) is 14.1. The lowest BCUT2D eigenvalue weighted by Crippen LogP contribution is -2.47. The number of anilines is 3. The van der Waals surface area contributed by atoms with Gasteiger partial charge in [0.05, 0.1) is 23.4 Å². The number of piperazine rings is 1. The normalized spacial score (nSPS) is 17.3. The van der Waals surface area contributed by atoms with Gasteiger partial charge in [0.2, 0.25) is 0 Å². The van der Waals surface area contributed by atoms with E-state index in [0.29, 0.717) is 55.9 Å². The Labute approximate surface area is 280 Å². The molecule has 0 spiro atoms. The number of carboxylic acids is 1. The molecule has 1 aromatic carbocycles. The van der Waals surface area contributed by atoms with Crippen molar-refractivity contribution in [2.45, 2.75) is 44.9 Å². The SMILES string of the molecule is C[C@@H]1CCCN1Cc1sc(Nc2nccc(N3CCN(CCC(=O)O)CC3)c2F)nc1-c1cc(F)cc(C(F)(F)F)c1.Cl.Cl.Cl. The first kappa shape index (κ1) is 38.7. The highest BCUT2D eigenvalue weighted by Gasteiger charge is 2.32. The monoisotopic (exact) mass is 718 g/mol. The number of aliphatic carboxylic acids is 1. The van der Waals surface area contributed by atoms with Crippen LogP contribution in [0.25, 0.3) is 11.3 Å². The number of thiazole rings is 1. The zero-order valence-corrected chi connectivity index (χ0v) is 27.4. The number of nitrogens with one attached hydrogen (secondary N) is 1. The number of hydrogen-bond donors (Lipinski definition) is 2. The van der Waals surface area contributed by atoms with Crippen molar-refractivity contribution in [3.05, 3.63) is 52.5 Å². The average Bonchev–Trinajstić information content (AvgIpc) is 3.53. The van der Waals surface area contributed by atoms with Crippen molar-refractivity contribution in [2.75, 3.05) is 49.5 Å². The van der Waals surface area contributed by atoms with Gasteiger partial charge in [-0.3, -0.25) is 14.6 Å². The van der Waals surface area contributed by atoms with E-state index in [1.54, 1.807) is 6.07 Å². The molecular weight excluding hydrogens is 686 g/mol. The van der Waals surface area contributed by atoms with E-state index in [4.69, 9.17) is 5.11 Å². The summed E-state index contributed by atoms with van der Waals surface area (Å²) in [5.41, 5.74) is -0.575. The molecule has 45 heavy (non-hydrogen) atoms. The molecule has 250 valence electrons. The molecule has 2 saturated heterocycles. The molecular formula is C28H34Cl3F5N6O2S. The predicted octanol–water partition coefficient (Wildman–Crippen LogP) is 7.09. The number of likely N-dealkylation sites (tertiary alicyclic amines) is 1. The van der Waals surface area contributed by atoms with Gasteiger partial charge in [-0.05, 0) is 50.6 Å². The van der Waals surface area contributed by atoms with Gasteiger partial charge in [0.25, 0.3) is 0 Å². The number of rotatable bonds is 9. The maximum Gasteiger partial charge on any atom is 0.416 e. The van der Waals surface area contributed by atoms with Crippen LogP contribution in [0.5, 0.6) is 0 Å². The number of hydrogen-bond acceptors (Lipinski definition) is 8. The molecule has 4 heterocycles. The number of halogens is 8. The first-order valence-electron chi connectivity index (χ1n) is 13.7. The van der Waals surface area contributed by atoms with Gasteiger partial charge in [-0.25, -0.2) is 18.7 Å². The second kappa shape index (κ2) is 16.4. The van der Waals surface area contributed by atoms with E-state index in [2.05, 4.69) is 27.1 Å². The van der Waals surface area contributed by atoms with Crippen molar-refractivity contribution in [1.29, 1.82) is 0 Å². The van der Waals surface area contributed by atoms with E-state index >= 15 is 4.39 Å². The smallest absolute Gasteiger partial charge is 0.416 e. The molecule has 0 amide bonds. The average molecular weight is 720 g/mol. The second-order valence-corrected chi connectivity index (χ2v) is 11.7. The molecule has 5 rings (SSSR count). The molecule has 0 saturated carbocycles. The third kappa shape index (κ3) is 9.52. The number of aromatic nitrogens is 2. The highest BCUT2D eigenvalue weighted by atomic mass is 35.5. The standard InChI is InChI=1S/C28H31F5N6O2S.3ClH/c1-17-3-2-7-39(17)16-22-25(18-13-19(28(31,32)33)15-20(29)14-18)35-27(42-22)36-26-24(30)21(4-6-34-26)38-11-9-37(10-12-38)8-5-23(40)41;;;/h4,6,13-15,17H,2-3,5,7-12,16H2,1H3,(H,40,41)(H,34,35,36);3*1H/t17-;;;/m1.../s1. The number of benzene rings is 1. The van der Waals surface area contributed by atoms with E-state index in [-0.39, 0.29) is 71.9 Å². The fraction of sp³-hybridized carbons (Fsp3) is 0.464. The van der Waals surface area contributed by atoms with Crippen molar-refractivity contribution in [3.8, 4) is 11.3 Å². The summed E-state index contributed by atoms with van der Waals surface area (Å²) in [6.07, 6.45) is -1.24. The molecule has 0 aliphatic carbocycles. The van der Waals surface area contributed by atoms with E-state index in [0.717, 1.165) is 31.5 Å². The number of carbonyl (C=O) groups is 1. The van der Waals surface area contributed by atoms with Gasteiger partial charge in [0, 0.05) is 61.9 Å². The Balaban J connectivity index is 0.00000235. The maximum absolute atomic E-state index is 15.7. The van der Waals surface area contributed by atoms with Crippen LogP contribution < -0.4 is 10.2 Å². The molecule has 2 aliphatic heterocycles. The Hall–Kier alpha value is -2.49. The Morgan fingerprint density at radius 1 is 1.09 bits per heavy atom. The summed E-state index contributed by atoms with van der Waals surface area (Å²) < 4.78 is 70.4. The highest BCUT2D eigenvalue weighted by Crippen LogP contribution is 2.39. The fourth-order valence-electron chi connectivity index (χ4n) is 5.37. The first-order valence-corrected chi connectivity index (χ1v) is 14.5. The molecule has 17 heteroatoms. The maximum atomic E-state index is 15.7. The molecule has 1 atom stereocenters. The van der Waals surface area contributed by atoms with Crippen molar-refractivity contribution in [3.63, 3.8) is 0 Å². The minimum Gasteiger partial charge on any atom is -0.481 e. The van der Waals surface area contributed by atoms with Crippen LogP contribution in [-0.4, -0.2) is 76.2 Å². The Morgan fingerprint density at radius 2 is 1.80 bits per heavy atom. The molecule has 0 unspecified atom stereocenters. The van der Waals surface area contributed by atoms with E-state index in [9.17, 15) is 22.4 Å². The van der Waals surface area contributed by atoms with Crippen LogP contribution >= 0.6 is 48.6 Å². The van der Waals surface area contributed by atoms with Crippen LogP contribution in [0.3, 0.4) is 0 Å². The van der Waals surface area contributed by atoms with Gasteiger partial charge in [-0.1, -0.05) is 11.3 Å². The second-order valence-electron chi connectivity index (χ2n) is 10.6. The predicted molar refractivity (Wildman–Crippen MR) is 172 cm³/mol. The van der Waals surface area contributed by atoms with Crippen molar-refractivity contribution in [1.82, 2.24) is 19.8 Å². The van der Waals surface area contributed by atoms with Gasteiger partial charge in [-0.2, -0.15) is 13.2 Å². The summed E-state index contributed by atoms with van der Waals surface area (Å²) in [6, 6.07) is 4.20. The largest absolute Gasteiger partial charge is 0.481 e. The first-order chi connectivity index (χ1) is 20.0. The molecule has 2 fully saturated rings. The minimum atomic E-state index is -4.73. The van der Waals surface area contributed by atoms with Crippen molar-refractivity contribution >= 4 is 71.2 Å². The minimum absolute atomic E-state index is 0. The summed E-state index contributed by atoms with van der Waals surface area (Å²) in [6.45, 7) is 5.90. The molecule has 0 radical (unpaired) electrons. The quantitative estimate of drug-likeness (QED) is 0.227. The van der Waals surface area contributed by atoms with Crippen molar-refractivity contribution in [2.24, 2.45) is 0 Å². The highest BCUT2D eigenvalue weighted by molar-refractivity contribution is 7.16. The van der Waals surface area contributed by atoms with Gasteiger partial charge in [0.15, 0.2) is 16.8 Å². The summed E-state index contributed by atoms with van der Waals surface area (Å²) >= 11 is 1.17. The van der Waals surface area contributed by atoms with Crippen LogP contribution in [0.1, 0.15) is 36.6 Å². The Bertz CT molecular complexity index is 1440. The summed E-state index contributed by atoms with van der Waals surface area (Å²) in [7, 11) is 0. The Morgan fingerprint density at radius 3 is 2.42 bits per heavy atom. The van der Waals surface area contributed by atoms with Crippen LogP contribution in [0, 0.1) is 11.6 Å². The van der Waals surface area contributed by atoms with E-state index in [1.165, 1.54) is 17.5 Å². The number of carboxylic acid groups (broad SMARTS) is 1. The summed E-state index contributed by atoms with van der Waals surface area (Å²) in [4.78, 5) is 26.2. The molecule has 0 bridgehead atoms. The van der Waals surface area contributed by atoms with Crippen LogP contribution in [0.4, 0.5) is 38.6 Å². The zero-order valence-electron chi connectivity index (χ0n) is 24.1. The van der Waals surface area contributed by atoms with Crippen LogP contribution in [-0.2, 0) is 17.5 Å². The topological polar surface area (TPSA) is 84.8 Å². The van der Waals surface area contributed by atoms with E-state index in [1.807, 2.05) is 9.80 Å². The fourth-order valence-corrected chi connectivity index (χ4v) is 6.38. The lowest BCUT2D eigenvalue weighted by atomic mass is 10.1. The molecule has 2 aliphatic rings. The number of pyridine rings is 1. The molecule has 3 aromatic rings. The van der Waals surface area contributed by atoms with E-state index < -0.39 is 29.3 Å². The molecule has 2 N–H and O–H groups in total. The summed E-state index contributed by atoms with van der Waals surface area (Å²) in [5, 5.41) is 12.0. The van der Waals surface area contributed by atoms with Gasteiger partial charge in [-0.15, -0.1) is 37.2 Å². The number of nitrogens with zero attached hydrogens (tertiary/aromatic N) is 5. The van der Waals surface area contributed by atoms with Crippen molar-refractivity contribution < 1.29 is 31.9 Å².